The van der Waals surface area contributed by atoms with Crippen molar-refractivity contribution < 1.29 is 9.90 Å². The highest BCUT2D eigenvalue weighted by Crippen LogP contribution is 2.53. The van der Waals surface area contributed by atoms with Crippen LogP contribution in [0.4, 0.5) is 0 Å². The largest absolute Gasteiger partial charge is 0.477 e. The van der Waals surface area contributed by atoms with E-state index < -0.39 is 5.97 Å². The number of rotatable bonds is 1. The Bertz CT molecular complexity index is 387. The fourth-order valence-corrected chi connectivity index (χ4v) is 4.47. The summed E-state index contributed by atoms with van der Waals surface area (Å²) in [7, 11) is 0. The van der Waals surface area contributed by atoms with Crippen molar-refractivity contribution in [2.24, 2.45) is 23.7 Å². The monoisotopic (exact) mass is 259 g/mol. The third kappa shape index (κ3) is 2.96. The molecule has 0 atom stereocenters. The van der Waals surface area contributed by atoms with Crippen molar-refractivity contribution in [2.45, 2.75) is 38.5 Å². The van der Waals surface area contributed by atoms with Gasteiger partial charge >= 0.3 is 5.97 Å². The SMILES string of the molecule is C1C2CC3CC1CC(C2)C3.O=C(O)c1ccccn1. The van der Waals surface area contributed by atoms with E-state index in [0.29, 0.717) is 0 Å². The zero-order valence-corrected chi connectivity index (χ0v) is 11.2. The van der Waals surface area contributed by atoms with Gasteiger partial charge in [0.1, 0.15) is 5.69 Å². The average molecular weight is 259 g/mol. The first-order valence-electron chi connectivity index (χ1n) is 7.35. The zero-order valence-electron chi connectivity index (χ0n) is 11.2. The molecule has 4 saturated carbocycles. The van der Waals surface area contributed by atoms with Crippen LogP contribution in [0.5, 0.6) is 0 Å². The zero-order chi connectivity index (χ0) is 13.2. The minimum atomic E-state index is -0.990. The quantitative estimate of drug-likeness (QED) is 0.838. The van der Waals surface area contributed by atoms with Crippen LogP contribution in [0.15, 0.2) is 24.4 Å². The molecular formula is C16H21NO2. The van der Waals surface area contributed by atoms with E-state index in [1.165, 1.54) is 35.9 Å². The normalized spacial score (nSPS) is 34.5. The lowest BCUT2D eigenvalue weighted by atomic mass is 9.56. The van der Waals surface area contributed by atoms with Crippen LogP contribution in [-0.4, -0.2) is 16.1 Å². The van der Waals surface area contributed by atoms with Crippen molar-refractivity contribution in [1.29, 1.82) is 0 Å². The molecule has 0 radical (unpaired) electrons. The van der Waals surface area contributed by atoms with Gasteiger partial charge in [0.15, 0.2) is 0 Å². The summed E-state index contributed by atoms with van der Waals surface area (Å²) in [4.78, 5) is 13.7. The Hall–Kier alpha value is -1.38. The molecule has 5 rings (SSSR count). The molecule has 0 unspecified atom stereocenters. The molecule has 4 bridgehead atoms. The van der Waals surface area contributed by atoms with Crippen LogP contribution in [0.25, 0.3) is 0 Å². The molecule has 0 amide bonds. The lowest BCUT2D eigenvalue weighted by Gasteiger charge is -2.49. The predicted octanol–water partition coefficient (Wildman–Crippen LogP) is 3.61. The van der Waals surface area contributed by atoms with E-state index in [4.69, 9.17) is 5.11 Å². The van der Waals surface area contributed by atoms with Crippen molar-refractivity contribution in [3.63, 3.8) is 0 Å². The number of aromatic carboxylic acids is 1. The molecule has 1 aromatic rings. The summed E-state index contributed by atoms with van der Waals surface area (Å²) in [6.07, 6.45) is 11.1. The number of hydrogen-bond acceptors (Lipinski definition) is 2. The van der Waals surface area contributed by atoms with E-state index >= 15 is 0 Å². The molecule has 4 aliphatic rings. The van der Waals surface area contributed by atoms with Crippen molar-refractivity contribution in [2.75, 3.05) is 0 Å². The Morgan fingerprint density at radius 3 is 1.68 bits per heavy atom. The minimum absolute atomic E-state index is 0.0810. The Morgan fingerprint density at radius 2 is 1.42 bits per heavy atom. The number of carboxylic acids is 1. The number of carboxylic acid groups (broad SMARTS) is 1. The number of aromatic nitrogens is 1. The van der Waals surface area contributed by atoms with Crippen LogP contribution >= 0.6 is 0 Å². The van der Waals surface area contributed by atoms with Crippen LogP contribution in [0, 0.1) is 23.7 Å². The van der Waals surface area contributed by atoms with Gasteiger partial charge < -0.3 is 5.11 Å². The Morgan fingerprint density at radius 1 is 0.947 bits per heavy atom. The molecule has 1 aromatic heterocycles. The van der Waals surface area contributed by atoms with Gasteiger partial charge in [-0.2, -0.15) is 0 Å². The lowest BCUT2D eigenvalue weighted by Crippen LogP contribution is -2.38. The van der Waals surface area contributed by atoms with Crippen LogP contribution < -0.4 is 0 Å². The van der Waals surface area contributed by atoms with Crippen molar-refractivity contribution >= 4 is 5.97 Å². The van der Waals surface area contributed by atoms with Gasteiger partial charge in [-0.05, 0) is 74.3 Å². The third-order valence-corrected chi connectivity index (χ3v) is 4.88. The second-order valence-electron chi connectivity index (χ2n) is 6.40. The number of pyridine rings is 1. The van der Waals surface area contributed by atoms with Crippen LogP contribution in [0.2, 0.25) is 0 Å². The fourth-order valence-electron chi connectivity index (χ4n) is 4.47. The summed E-state index contributed by atoms with van der Waals surface area (Å²) in [6.45, 7) is 0. The van der Waals surface area contributed by atoms with Gasteiger partial charge in [-0.15, -0.1) is 0 Å². The molecule has 0 aliphatic heterocycles. The third-order valence-electron chi connectivity index (χ3n) is 4.88. The molecule has 0 spiro atoms. The number of hydrogen-bond donors (Lipinski definition) is 1. The van der Waals surface area contributed by atoms with E-state index in [9.17, 15) is 4.79 Å². The molecule has 4 aliphatic carbocycles. The minimum Gasteiger partial charge on any atom is -0.477 e. The van der Waals surface area contributed by atoms with Gasteiger partial charge in [-0.1, -0.05) is 6.07 Å². The summed E-state index contributed by atoms with van der Waals surface area (Å²) >= 11 is 0. The van der Waals surface area contributed by atoms with Gasteiger partial charge in [0.05, 0.1) is 0 Å². The topological polar surface area (TPSA) is 50.2 Å². The molecule has 1 N–H and O–H groups in total. The van der Waals surface area contributed by atoms with E-state index in [0.717, 1.165) is 0 Å². The molecule has 4 fully saturated rings. The van der Waals surface area contributed by atoms with E-state index in [-0.39, 0.29) is 5.69 Å². The Labute approximate surface area is 114 Å². The summed E-state index contributed by atoms with van der Waals surface area (Å²) < 4.78 is 0. The molecule has 102 valence electrons. The van der Waals surface area contributed by atoms with Crippen LogP contribution in [0.3, 0.4) is 0 Å². The molecular weight excluding hydrogens is 238 g/mol. The Balaban J connectivity index is 0.000000117. The van der Waals surface area contributed by atoms with E-state index in [1.807, 2.05) is 0 Å². The second-order valence-corrected chi connectivity index (χ2v) is 6.40. The maximum atomic E-state index is 10.1. The van der Waals surface area contributed by atoms with Crippen molar-refractivity contribution in [1.82, 2.24) is 4.98 Å². The van der Waals surface area contributed by atoms with Gasteiger partial charge in [0.2, 0.25) is 0 Å². The predicted molar refractivity (Wildman–Crippen MR) is 72.9 cm³/mol. The Kier molecular flexibility index (Phi) is 3.54. The summed E-state index contributed by atoms with van der Waals surface area (Å²) in [5.41, 5.74) is 0.0810. The van der Waals surface area contributed by atoms with Crippen LogP contribution in [-0.2, 0) is 0 Å². The van der Waals surface area contributed by atoms with Crippen molar-refractivity contribution in [3.05, 3.63) is 30.1 Å². The lowest BCUT2D eigenvalue weighted by molar-refractivity contribution is 0.0198. The highest BCUT2D eigenvalue weighted by atomic mass is 16.4. The first-order chi connectivity index (χ1) is 9.20. The molecule has 19 heavy (non-hydrogen) atoms. The van der Waals surface area contributed by atoms with Crippen LogP contribution in [0.1, 0.15) is 49.0 Å². The van der Waals surface area contributed by atoms with Gasteiger partial charge in [0.25, 0.3) is 0 Å². The molecule has 3 nitrogen and oxygen atoms in total. The average Bonchev–Trinajstić information content (AvgIpc) is 2.39. The van der Waals surface area contributed by atoms with Gasteiger partial charge in [0, 0.05) is 6.20 Å². The highest BCUT2D eigenvalue weighted by molar-refractivity contribution is 5.85. The van der Waals surface area contributed by atoms with E-state index in [2.05, 4.69) is 4.98 Å². The van der Waals surface area contributed by atoms with Gasteiger partial charge in [-0.25, -0.2) is 9.78 Å². The fraction of sp³-hybridized carbons (Fsp3) is 0.625. The summed E-state index contributed by atoms with van der Waals surface area (Å²) in [6, 6.07) is 4.76. The maximum Gasteiger partial charge on any atom is 0.354 e. The summed E-state index contributed by atoms with van der Waals surface area (Å²) in [5, 5.41) is 8.32. The second kappa shape index (κ2) is 5.32. The number of carbonyl (C=O) groups is 1. The smallest absolute Gasteiger partial charge is 0.354 e. The van der Waals surface area contributed by atoms with Crippen molar-refractivity contribution in [3.8, 4) is 0 Å². The first-order valence-corrected chi connectivity index (χ1v) is 7.35. The van der Waals surface area contributed by atoms with E-state index in [1.54, 1.807) is 50.7 Å². The maximum absolute atomic E-state index is 10.1. The summed E-state index contributed by atoms with van der Waals surface area (Å²) in [5.74, 6) is 3.72. The molecule has 1 heterocycles. The molecule has 0 aromatic carbocycles. The number of nitrogens with zero attached hydrogens (tertiary/aromatic N) is 1. The first kappa shape index (κ1) is 12.6. The highest BCUT2D eigenvalue weighted by Gasteiger charge is 2.41. The molecule has 0 saturated heterocycles. The standard InChI is InChI=1S/C10H16.C6H5NO2/c1-7-2-9-4-8(1)5-10(3-7)6-9;8-6(9)5-3-1-2-4-7-5/h7-10H,1-6H2;1-4H,(H,8,9). The van der Waals surface area contributed by atoms with Gasteiger partial charge in [-0.3, -0.25) is 0 Å². The molecule has 3 heteroatoms.